The molecule has 0 saturated heterocycles. The third-order valence-electron chi connectivity index (χ3n) is 1.69. The van der Waals surface area contributed by atoms with E-state index < -0.39 is 11.7 Å². The second-order valence-corrected chi connectivity index (χ2v) is 2.74. The molecule has 0 atom stereocenters. The van der Waals surface area contributed by atoms with Crippen molar-refractivity contribution in [1.29, 1.82) is 0 Å². The van der Waals surface area contributed by atoms with Gasteiger partial charge in [0.15, 0.2) is 0 Å². The highest BCUT2D eigenvalue weighted by Crippen LogP contribution is 2.29. The van der Waals surface area contributed by atoms with Crippen LogP contribution < -0.4 is 5.73 Å². The molecule has 1 nitrogen and oxygen atoms in total. The summed E-state index contributed by atoms with van der Waals surface area (Å²) < 4.78 is 36.5. The van der Waals surface area contributed by atoms with Crippen molar-refractivity contribution >= 4 is 0 Å². The molecule has 0 saturated carbocycles. The van der Waals surface area contributed by atoms with E-state index in [0.29, 0.717) is 18.5 Å². The van der Waals surface area contributed by atoms with E-state index in [4.69, 9.17) is 5.73 Å². The normalized spacial score (nSPS) is 10.5. The second-order valence-electron chi connectivity index (χ2n) is 2.74. The third-order valence-corrected chi connectivity index (χ3v) is 1.69. The summed E-state index contributed by atoms with van der Waals surface area (Å²) in [5.74, 6) is 0. The molecule has 1 aromatic carbocycles. The molecule has 0 amide bonds. The van der Waals surface area contributed by atoms with Crippen LogP contribution in [0.3, 0.4) is 0 Å². The quantitative estimate of drug-likeness (QED) is 0.811. The fraction of sp³-hybridized carbons (Fsp3) is 0.455. The van der Waals surface area contributed by atoms with Gasteiger partial charge in [0.1, 0.15) is 0 Å². The first kappa shape index (κ1) is 14.0. The SMILES string of the molecule is CC.NCCc1cccc(C(F)(F)F)c1. The Morgan fingerprint density at radius 1 is 1.20 bits per heavy atom. The van der Waals surface area contributed by atoms with Crippen LogP contribution in [0, 0.1) is 0 Å². The van der Waals surface area contributed by atoms with Gasteiger partial charge in [-0.25, -0.2) is 0 Å². The standard InChI is InChI=1S/C9H10F3N.C2H6/c10-9(11,12)8-3-1-2-7(6-8)4-5-13;1-2/h1-3,6H,4-5,13H2;1-2H3. The first-order chi connectivity index (χ1) is 7.04. The van der Waals surface area contributed by atoms with Gasteiger partial charge in [-0.3, -0.25) is 0 Å². The Labute approximate surface area is 88.1 Å². The average molecular weight is 219 g/mol. The van der Waals surface area contributed by atoms with Crippen LogP contribution in [-0.4, -0.2) is 6.54 Å². The van der Waals surface area contributed by atoms with E-state index in [-0.39, 0.29) is 0 Å². The molecule has 0 heterocycles. The summed E-state index contributed by atoms with van der Waals surface area (Å²) in [5.41, 5.74) is 5.25. The van der Waals surface area contributed by atoms with Crippen LogP contribution >= 0.6 is 0 Å². The van der Waals surface area contributed by atoms with Crippen molar-refractivity contribution < 1.29 is 13.2 Å². The Hall–Kier alpha value is -1.03. The zero-order valence-corrected chi connectivity index (χ0v) is 8.93. The second kappa shape index (κ2) is 6.45. The molecular formula is C11H16F3N. The van der Waals surface area contributed by atoms with Gasteiger partial charge < -0.3 is 5.73 Å². The lowest BCUT2D eigenvalue weighted by molar-refractivity contribution is -0.137. The summed E-state index contributed by atoms with van der Waals surface area (Å²) in [6, 6.07) is 5.22. The molecule has 86 valence electrons. The number of rotatable bonds is 2. The molecule has 2 N–H and O–H groups in total. The summed E-state index contributed by atoms with van der Waals surface area (Å²) in [6.45, 7) is 4.36. The van der Waals surface area contributed by atoms with Gasteiger partial charge in [0.25, 0.3) is 0 Å². The molecule has 0 bridgehead atoms. The van der Waals surface area contributed by atoms with Gasteiger partial charge in [0.2, 0.25) is 0 Å². The molecule has 0 aliphatic rings. The maximum Gasteiger partial charge on any atom is 0.416 e. The molecule has 0 unspecified atom stereocenters. The molecular weight excluding hydrogens is 203 g/mol. The Morgan fingerprint density at radius 2 is 1.80 bits per heavy atom. The Kier molecular flexibility index (Phi) is 6.01. The zero-order valence-electron chi connectivity index (χ0n) is 8.93. The molecule has 15 heavy (non-hydrogen) atoms. The predicted molar refractivity (Wildman–Crippen MR) is 55.6 cm³/mol. The van der Waals surface area contributed by atoms with E-state index in [2.05, 4.69) is 0 Å². The van der Waals surface area contributed by atoms with E-state index in [9.17, 15) is 13.2 Å². The first-order valence-electron chi connectivity index (χ1n) is 4.90. The first-order valence-corrected chi connectivity index (χ1v) is 4.90. The molecule has 0 aromatic heterocycles. The van der Waals surface area contributed by atoms with Gasteiger partial charge in [0, 0.05) is 0 Å². The molecule has 0 aliphatic heterocycles. The molecule has 0 spiro atoms. The van der Waals surface area contributed by atoms with E-state index >= 15 is 0 Å². The van der Waals surface area contributed by atoms with Gasteiger partial charge in [0.05, 0.1) is 5.56 Å². The van der Waals surface area contributed by atoms with Crippen molar-refractivity contribution in [1.82, 2.24) is 0 Å². The number of hydrogen-bond donors (Lipinski definition) is 1. The molecule has 0 fully saturated rings. The number of alkyl halides is 3. The highest BCUT2D eigenvalue weighted by atomic mass is 19.4. The van der Waals surface area contributed by atoms with Crippen molar-refractivity contribution in [3.05, 3.63) is 35.4 Å². The average Bonchev–Trinajstić information content (AvgIpc) is 2.21. The molecule has 1 rings (SSSR count). The zero-order chi connectivity index (χ0) is 11.9. The van der Waals surface area contributed by atoms with Gasteiger partial charge >= 0.3 is 6.18 Å². The van der Waals surface area contributed by atoms with Crippen LogP contribution in [0.4, 0.5) is 13.2 Å². The highest BCUT2D eigenvalue weighted by Gasteiger charge is 2.30. The minimum absolute atomic E-state index is 0.362. The van der Waals surface area contributed by atoms with Crippen molar-refractivity contribution in [3.8, 4) is 0 Å². The van der Waals surface area contributed by atoms with Crippen molar-refractivity contribution in [2.24, 2.45) is 5.73 Å². The highest BCUT2D eigenvalue weighted by molar-refractivity contribution is 5.25. The van der Waals surface area contributed by atoms with Crippen LogP contribution in [0.15, 0.2) is 24.3 Å². The topological polar surface area (TPSA) is 26.0 Å². The van der Waals surface area contributed by atoms with Crippen molar-refractivity contribution in [2.45, 2.75) is 26.4 Å². The van der Waals surface area contributed by atoms with Gasteiger partial charge in [-0.2, -0.15) is 13.2 Å². The van der Waals surface area contributed by atoms with Crippen LogP contribution in [0.1, 0.15) is 25.0 Å². The summed E-state index contributed by atoms with van der Waals surface area (Å²) in [5, 5.41) is 0. The molecule has 0 radical (unpaired) electrons. The largest absolute Gasteiger partial charge is 0.416 e. The monoisotopic (exact) mass is 219 g/mol. The third kappa shape index (κ3) is 4.83. The molecule has 4 heteroatoms. The minimum Gasteiger partial charge on any atom is -0.330 e. The lowest BCUT2D eigenvalue weighted by atomic mass is 10.1. The van der Waals surface area contributed by atoms with E-state index in [0.717, 1.165) is 12.1 Å². The van der Waals surface area contributed by atoms with Crippen LogP contribution in [0.2, 0.25) is 0 Å². The smallest absolute Gasteiger partial charge is 0.330 e. The molecule has 0 aliphatic carbocycles. The Bertz CT molecular complexity index is 281. The summed E-state index contributed by atoms with van der Waals surface area (Å²) in [6.07, 6.45) is -3.78. The molecule has 1 aromatic rings. The lowest BCUT2D eigenvalue weighted by Gasteiger charge is -2.07. The number of nitrogens with two attached hydrogens (primary N) is 1. The van der Waals surface area contributed by atoms with Gasteiger partial charge in [-0.05, 0) is 24.6 Å². The van der Waals surface area contributed by atoms with E-state index in [1.54, 1.807) is 6.07 Å². The van der Waals surface area contributed by atoms with Crippen molar-refractivity contribution in [3.63, 3.8) is 0 Å². The fourth-order valence-electron chi connectivity index (χ4n) is 1.07. The van der Waals surface area contributed by atoms with E-state index in [1.807, 2.05) is 13.8 Å². The number of hydrogen-bond acceptors (Lipinski definition) is 1. The maximum absolute atomic E-state index is 12.2. The minimum atomic E-state index is -4.26. The summed E-state index contributed by atoms with van der Waals surface area (Å²) >= 11 is 0. The van der Waals surface area contributed by atoms with Crippen LogP contribution in [0.5, 0.6) is 0 Å². The number of halogens is 3. The van der Waals surface area contributed by atoms with Gasteiger partial charge in [-0.15, -0.1) is 0 Å². The van der Waals surface area contributed by atoms with Crippen LogP contribution in [0.25, 0.3) is 0 Å². The summed E-state index contributed by atoms with van der Waals surface area (Å²) in [7, 11) is 0. The fourth-order valence-corrected chi connectivity index (χ4v) is 1.07. The Balaban J connectivity index is 0.000000921. The maximum atomic E-state index is 12.2. The Morgan fingerprint density at radius 3 is 2.27 bits per heavy atom. The van der Waals surface area contributed by atoms with Gasteiger partial charge in [-0.1, -0.05) is 32.0 Å². The number of benzene rings is 1. The van der Waals surface area contributed by atoms with Crippen molar-refractivity contribution in [2.75, 3.05) is 6.54 Å². The summed E-state index contributed by atoms with van der Waals surface area (Å²) in [4.78, 5) is 0. The lowest BCUT2D eigenvalue weighted by Crippen LogP contribution is -2.07. The van der Waals surface area contributed by atoms with E-state index in [1.165, 1.54) is 6.07 Å². The van der Waals surface area contributed by atoms with Crippen LogP contribution in [-0.2, 0) is 12.6 Å². The predicted octanol–water partition coefficient (Wildman–Crippen LogP) is 3.23.